The Labute approximate surface area is 80.5 Å². The molecule has 5 nitrogen and oxygen atoms in total. The first kappa shape index (κ1) is 9.11. The van der Waals surface area contributed by atoms with E-state index in [1.807, 2.05) is 0 Å². The Kier molecular flexibility index (Phi) is 2.18. The van der Waals surface area contributed by atoms with Crippen LogP contribution in [0.2, 0.25) is 0 Å². The van der Waals surface area contributed by atoms with Gasteiger partial charge in [0.15, 0.2) is 0 Å². The molecule has 1 aliphatic heterocycles. The van der Waals surface area contributed by atoms with Crippen LogP contribution in [-0.4, -0.2) is 16.6 Å². The number of benzene rings is 1. The highest BCUT2D eigenvalue weighted by molar-refractivity contribution is 5.42. The molecule has 0 bridgehead atoms. The van der Waals surface area contributed by atoms with Crippen LogP contribution in [0.5, 0.6) is 0 Å². The topological polar surface area (TPSA) is 75.4 Å². The molecular formula is C9H10N2O3. The van der Waals surface area contributed by atoms with Gasteiger partial charge in [0.1, 0.15) is 6.23 Å². The minimum atomic E-state index is -0.779. The third-order valence-electron chi connectivity index (χ3n) is 2.37. The third-order valence-corrected chi connectivity index (χ3v) is 2.37. The summed E-state index contributed by atoms with van der Waals surface area (Å²) in [5, 5.41) is 22.9. The van der Waals surface area contributed by atoms with Gasteiger partial charge < -0.3 is 5.11 Å². The average Bonchev–Trinajstić information content (AvgIpc) is 2.18. The number of nitro benzene ring substituents is 1. The van der Waals surface area contributed by atoms with E-state index in [4.69, 9.17) is 0 Å². The van der Waals surface area contributed by atoms with E-state index >= 15 is 0 Å². The Morgan fingerprint density at radius 1 is 1.57 bits per heavy atom. The summed E-state index contributed by atoms with van der Waals surface area (Å²) in [7, 11) is 0. The molecule has 0 aliphatic carbocycles. The van der Waals surface area contributed by atoms with Crippen LogP contribution in [0.15, 0.2) is 18.2 Å². The van der Waals surface area contributed by atoms with Crippen molar-refractivity contribution in [2.75, 3.05) is 6.54 Å². The number of fused-ring (bicyclic) bond motifs is 1. The molecule has 1 aliphatic rings. The lowest BCUT2D eigenvalue weighted by atomic mass is 9.99. The van der Waals surface area contributed by atoms with Gasteiger partial charge in [-0.25, -0.2) is 0 Å². The zero-order valence-corrected chi connectivity index (χ0v) is 7.43. The van der Waals surface area contributed by atoms with Gasteiger partial charge in [0.05, 0.1) is 4.92 Å². The Balaban J connectivity index is 2.45. The summed E-state index contributed by atoms with van der Waals surface area (Å²) in [6.45, 7) is 0.700. The van der Waals surface area contributed by atoms with Crippen molar-refractivity contribution in [1.29, 1.82) is 0 Å². The van der Waals surface area contributed by atoms with Crippen LogP contribution in [0.1, 0.15) is 17.4 Å². The molecule has 1 aromatic rings. The van der Waals surface area contributed by atoms with E-state index in [2.05, 4.69) is 5.32 Å². The van der Waals surface area contributed by atoms with Crippen molar-refractivity contribution in [1.82, 2.24) is 5.32 Å². The van der Waals surface area contributed by atoms with Crippen LogP contribution in [0.3, 0.4) is 0 Å². The molecule has 5 heteroatoms. The van der Waals surface area contributed by atoms with E-state index in [0.717, 1.165) is 12.0 Å². The smallest absolute Gasteiger partial charge is 0.269 e. The first-order chi connectivity index (χ1) is 6.68. The molecule has 0 spiro atoms. The molecule has 0 saturated heterocycles. The summed E-state index contributed by atoms with van der Waals surface area (Å²) < 4.78 is 0. The summed E-state index contributed by atoms with van der Waals surface area (Å²) in [5.41, 5.74) is 1.61. The van der Waals surface area contributed by atoms with Crippen molar-refractivity contribution in [3.63, 3.8) is 0 Å². The molecule has 0 saturated carbocycles. The molecule has 0 radical (unpaired) electrons. The van der Waals surface area contributed by atoms with Gasteiger partial charge in [-0.2, -0.15) is 0 Å². The van der Waals surface area contributed by atoms with Crippen molar-refractivity contribution in [3.8, 4) is 0 Å². The molecule has 0 aromatic heterocycles. The zero-order valence-electron chi connectivity index (χ0n) is 7.43. The molecule has 2 N–H and O–H groups in total. The average molecular weight is 194 g/mol. The molecule has 1 atom stereocenters. The van der Waals surface area contributed by atoms with Crippen LogP contribution in [-0.2, 0) is 6.42 Å². The number of aliphatic hydroxyl groups excluding tert-OH is 1. The van der Waals surface area contributed by atoms with Crippen LogP contribution in [0.4, 0.5) is 5.69 Å². The molecule has 0 fully saturated rings. The first-order valence-corrected chi connectivity index (χ1v) is 4.37. The lowest BCUT2D eigenvalue weighted by molar-refractivity contribution is -0.385. The van der Waals surface area contributed by atoms with Crippen molar-refractivity contribution in [2.24, 2.45) is 0 Å². The summed E-state index contributed by atoms with van der Waals surface area (Å²) in [4.78, 5) is 10.0. The van der Waals surface area contributed by atoms with Gasteiger partial charge >= 0.3 is 0 Å². The lowest BCUT2D eigenvalue weighted by Crippen LogP contribution is -2.29. The standard InChI is InChI=1S/C9H10N2O3/c12-9-8-5-7(11(13)14)2-1-6(8)3-4-10-9/h1-2,5,9-10,12H,3-4H2. The number of hydrogen-bond acceptors (Lipinski definition) is 4. The van der Waals surface area contributed by atoms with E-state index < -0.39 is 11.2 Å². The van der Waals surface area contributed by atoms with E-state index in [-0.39, 0.29) is 5.69 Å². The maximum absolute atomic E-state index is 10.5. The molecule has 74 valence electrons. The Hall–Kier alpha value is -1.46. The molecule has 2 rings (SSSR count). The molecule has 1 unspecified atom stereocenters. The molecular weight excluding hydrogens is 184 g/mol. The minimum absolute atomic E-state index is 0.0199. The second-order valence-corrected chi connectivity index (χ2v) is 3.25. The quantitative estimate of drug-likeness (QED) is 0.510. The van der Waals surface area contributed by atoms with Gasteiger partial charge in [0.25, 0.3) is 5.69 Å². The normalized spacial score (nSPS) is 20.2. The highest BCUT2D eigenvalue weighted by Gasteiger charge is 2.19. The second-order valence-electron chi connectivity index (χ2n) is 3.25. The monoisotopic (exact) mass is 194 g/mol. The van der Waals surface area contributed by atoms with Crippen LogP contribution in [0.25, 0.3) is 0 Å². The number of non-ortho nitro benzene ring substituents is 1. The highest BCUT2D eigenvalue weighted by atomic mass is 16.6. The van der Waals surface area contributed by atoms with Crippen LogP contribution < -0.4 is 5.32 Å². The highest BCUT2D eigenvalue weighted by Crippen LogP contribution is 2.25. The predicted octanol–water partition coefficient (Wildman–Crippen LogP) is 0.731. The second kappa shape index (κ2) is 3.36. The van der Waals surface area contributed by atoms with Gasteiger partial charge in [0, 0.05) is 24.2 Å². The Morgan fingerprint density at radius 2 is 2.36 bits per heavy atom. The summed E-state index contributed by atoms with van der Waals surface area (Å²) in [5.74, 6) is 0. The van der Waals surface area contributed by atoms with Gasteiger partial charge in [-0.1, -0.05) is 6.07 Å². The molecule has 1 heterocycles. The fourth-order valence-electron chi connectivity index (χ4n) is 1.63. The number of nitrogens with zero attached hydrogens (tertiary/aromatic N) is 1. The van der Waals surface area contributed by atoms with E-state index in [9.17, 15) is 15.2 Å². The Bertz CT molecular complexity index is 378. The minimum Gasteiger partial charge on any atom is -0.374 e. The van der Waals surface area contributed by atoms with Gasteiger partial charge in [-0.05, 0) is 12.0 Å². The fraction of sp³-hybridized carbons (Fsp3) is 0.333. The molecule has 0 amide bonds. The SMILES string of the molecule is O=[N+]([O-])c1ccc2c(c1)C(O)NCC2. The number of aliphatic hydroxyl groups is 1. The number of rotatable bonds is 1. The van der Waals surface area contributed by atoms with Gasteiger partial charge in [-0.15, -0.1) is 0 Å². The number of hydrogen-bond donors (Lipinski definition) is 2. The largest absolute Gasteiger partial charge is 0.374 e. The van der Waals surface area contributed by atoms with Crippen molar-refractivity contribution in [3.05, 3.63) is 39.4 Å². The molecule has 14 heavy (non-hydrogen) atoms. The zero-order chi connectivity index (χ0) is 10.1. The van der Waals surface area contributed by atoms with Crippen molar-refractivity contribution in [2.45, 2.75) is 12.6 Å². The predicted molar refractivity (Wildman–Crippen MR) is 49.8 cm³/mol. The number of nitrogens with one attached hydrogen (secondary N) is 1. The summed E-state index contributed by atoms with van der Waals surface area (Å²) >= 11 is 0. The summed E-state index contributed by atoms with van der Waals surface area (Å²) in [6, 6.07) is 4.60. The van der Waals surface area contributed by atoms with E-state index in [1.54, 1.807) is 6.07 Å². The van der Waals surface area contributed by atoms with Crippen LogP contribution in [0, 0.1) is 10.1 Å². The van der Waals surface area contributed by atoms with Crippen molar-refractivity contribution < 1.29 is 10.0 Å². The summed E-state index contributed by atoms with van der Waals surface area (Å²) in [6.07, 6.45) is 0.0170. The first-order valence-electron chi connectivity index (χ1n) is 4.37. The molecule has 1 aromatic carbocycles. The van der Waals surface area contributed by atoms with E-state index in [1.165, 1.54) is 12.1 Å². The van der Waals surface area contributed by atoms with Crippen LogP contribution >= 0.6 is 0 Å². The number of nitro groups is 1. The third kappa shape index (κ3) is 1.47. The van der Waals surface area contributed by atoms with Crippen molar-refractivity contribution >= 4 is 5.69 Å². The Morgan fingerprint density at radius 3 is 3.07 bits per heavy atom. The van der Waals surface area contributed by atoms with Gasteiger partial charge in [0.2, 0.25) is 0 Å². The maximum Gasteiger partial charge on any atom is 0.269 e. The van der Waals surface area contributed by atoms with Gasteiger partial charge in [-0.3, -0.25) is 15.4 Å². The fourth-order valence-corrected chi connectivity index (χ4v) is 1.63. The lowest BCUT2D eigenvalue weighted by Gasteiger charge is -2.21. The maximum atomic E-state index is 10.5. The van der Waals surface area contributed by atoms with E-state index in [0.29, 0.717) is 12.1 Å².